The number of amides is 1. The van der Waals surface area contributed by atoms with Gasteiger partial charge in [0.05, 0.1) is 12.6 Å². The van der Waals surface area contributed by atoms with Gasteiger partial charge in [-0.15, -0.1) is 0 Å². The summed E-state index contributed by atoms with van der Waals surface area (Å²) in [6.45, 7) is 5.21. The van der Waals surface area contributed by atoms with Gasteiger partial charge in [-0.3, -0.25) is 9.69 Å². The number of piperidine rings is 1. The zero-order valence-electron chi connectivity index (χ0n) is 12.6. The van der Waals surface area contributed by atoms with E-state index in [2.05, 4.69) is 10.2 Å². The molecule has 0 aromatic rings. The summed E-state index contributed by atoms with van der Waals surface area (Å²) in [6.07, 6.45) is 5.20. The van der Waals surface area contributed by atoms with Crippen molar-refractivity contribution in [1.29, 1.82) is 0 Å². The average Bonchev–Trinajstić information content (AvgIpc) is 3.19. The summed E-state index contributed by atoms with van der Waals surface area (Å²) in [5, 5.41) is 13.5. The maximum atomic E-state index is 11.1. The van der Waals surface area contributed by atoms with Crippen LogP contribution in [0.4, 0.5) is 0 Å². The Bertz CT molecular complexity index is 320. The van der Waals surface area contributed by atoms with Crippen molar-refractivity contribution >= 4 is 5.91 Å². The Kier molecular flexibility index (Phi) is 5.81. The molecule has 2 aliphatic rings. The largest absolute Gasteiger partial charge is 0.393 e. The van der Waals surface area contributed by atoms with E-state index in [0.29, 0.717) is 18.5 Å². The van der Waals surface area contributed by atoms with E-state index in [1.807, 2.05) is 6.92 Å². The third-order valence-electron chi connectivity index (χ3n) is 4.46. The highest BCUT2D eigenvalue weighted by atomic mass is 16.3. The number of nitrogens with zero attached hydrogens (tertiary/aromatic N) is 1. The number of aliphatic hydroxyl groups is 1. The highest BCUT2D eigenvalue weighted by molar-refractivity contribution is 5.75. The Hall–Kier alpha value is -0.650. The average molecular weight is 283 g/mol. The maximum Gasteiger partial charge on any atom is 0.231 e. The van der Waals surface area contributed by atoms with E-state index < -0.39 is 0 Å². The van der Waals surface area contributed by atoms with Crippen molar-refractivity contribution in [3.8, 4) is 0 Å². The van der Waals surface area contributed by atoms with Gasteiger partial charge in [0.15, 0.2) is 0 Å². The Morgan fingerprint density at radius 3 is 2.75 bits per heavy atom. The van der Waals surface area contributed by atoms with Crippen LogP contribution >= 0.6 is 0 Å². The lowest BCUT2D eigenvalue weighted by atomic mass is 9.88. The van der Waals surface area contributed by atoms with Gasteiger partial charge in [-0.25, -0.2) is 0 Å². The molecule has 3 atom stereocenters. The molecule has 1 saturated carbocycles. The van der Waals surface area contributed by atoms with Gasteiger partial charge in [-0.05, 0) is 50.5 Å². The molecule has 0 spiro atoms. The summed E-state index contributed by atoms with van der Waals surface area (Å²) in [6, 6.07) is 0.428. The summed E-state index contributed by atoms with van der Waals surface area (Å²) in [5.41, 5.74) is 5.32. The number of nitrogens with two attached hydrogens (primary N) is 1. The molecule has 1 aliphatic heterocycles. The number of hydrogen-bond donors (Lipinski definition) is 3. The van der Waals surface area contributed by atoms with Gasteiger partial charge in [0.1, 0.15) is 0 Å². The highest BCUT2D eigenvalue weighted by Gasteiger charge is 2.30. The summed E-state index contributed by atoms with van der Waals surface area (Å²) in [7, 11) is 0. The third-order valence-corrected chi connectivity index (χ3v) is 4.46. The van der Waals surface area contributed by atoms with Crippen LogP contribution in [0.2, 0.25) is 0 Å². The predicted octanol–water partition coefficient (Wildman–Crippen LogP) is 0.323. The fourth-order valence-electron chi connectivity index (χ4n) is 3.18. The summed E-state index contributed by atoms with van der Waals surface area (Å²) < 4.78 is 0. The van der Waals surface area contributed by atoms with Crippen LogP contribution in [0.25, 0.3) is 0 Å². The van der Waals surface area contributed by atoms with Crippen LogP contribution < -0.4 is 11.1 Å². The molecule has 0 aromatic carbocycles. The molecular formula is C15H29N3O2. The quantitative estimate of drug-likeness (QED) is 0.599. The van der Waals surface area contributed by atoms with Crippen LogP contribution in [-0.2, 0) is 4.79 Å². The molecule has 3 unspecified atom stereocenters. The lowest BCUT2D eigenvalue weighted by Crippen LogP contribution is -2.52. The minimum absolute atomic E-state index is 0.224. The summed E-state index contributed by atoms with van der Waals surface area (Å²) in [5.74, 6) is 1.05. The first kappa shape index (κ1) is 15.7. The maximum absolute atomic E-state index is 11.1. The number of aliphatic hydroxyl groups excluding tert-OH is 1. The van der Waals surface area contributed by atoms with Crippen LogP contribution in [-0.4, -0.2) is 54.2 Å². The molecule has 116 valence electrons. The lowest BCUT2D eigenvalue weighted by Gasteiger charge is -2.38. The molecule has 1 heterocycles. The number of primary amides is 1. The molecule has 0 aromatic heterocycles. The zero-order valence-corrected chi connectivity index (χ0v) is 12.6. The van der Waals surface area contributed by atoms with E-state index in [-0.39, 0.29) is 12.0 Å². The molecule has 0 radical (unpaired) electrons. The van der Waals surface area contributed by atoms with Crippen molar-refractivity contribution in [3.05, 3.63) is 0 Å². The molecule has 1 amide bonds. The fourth-order valence-corrected chi connectivity index (χ4v) is 3.18. The Labute approximate surface area is 121 Å². The number of carbonyl (C=O) groups is 1. The van der Waals surface area contributed by atoms with Crippen LogP contribution in [0.5, 0.6) is 0 Å². The molecule has 5 heteroatoms. The first-order valence-electron chi connectivity index (χ1n) is 7.99. The van der Waals surface area contributed by atoms with E-state index in [4.69, 9.17) is 5.73 Å². The van der Waals surface area contributed by atoms with E-state index >= 15 is 0 Å². The SMILES string of the molecule is CCC(O)CC1CC(NCC2CC2)CN(CC(N)=O)C1. The molecule has 2 fully saturated rings. The van der Waals surface area contributed by atoms with E-state index in [1.54, 1.807) is 0 Å². The van der Waals surface area contributed by atoms with Crippen molar-refractivity contribution in [1.82, 2.24) is 10.2 Å². The molecule has 1 aliphatic carbocycles. The second-order valence-electron chi connectivity index (χ2n) is 6.61. The number of rotatable bonds is 8. The first-order valence-corrected chi connectivity index (χ1v) is 7.99. The smallest absolute Gasteiger partial charge is 0.231 e. The second-order valence-corrected chi connectivity index (χ2v) is 6.61. The van der Waals surface area contributed by atoms with Crippen molar-refractivity contribution in [2.45, 2.75) is 51.2 Å². The summed E-state index contributed by atoms with van der Waals surface area (Å²) >= 11 is 0. The van der Waals surface area contributed by atoms with E-state index in [1.165, 1.54) is 12.8 Å². The predicted molar refractivity (Wildman–Crippen MR) is 79.2 cm³/mol. The third kappa shape index (κ3) is 5.38. The number of carbonyl (C=O) groups excluding carboxylic acids is 1. The van der Waals surface area contributed by atoms with Gasteiger partial charge in [-0.1, -0.05) is 6.92 Å². The van der Waals surface area contributed by atoms with Gasteiger partial charge in [0.2, 0.25) is 5.91 Å². The Balaban J connectivity index is 1.84. The van der Waals surface area contributed by atoms with Crippen molar-refractivity contribution in [2.24, 2.45) is 17.6 Å². The van der Waals surface area contributed by atoms with Gasteiger partial charge in [0.25, 0.3) is 0 Å². The van der Waals surface area contributed by atoms with Gasteiger partial charge < -0.3 is 16.2 Å². The summed E-state index contributed by atoms with van der Waals surface area (Å²) in [4.78, 5) is 13.3. The molecule has 2 rings (SSSR count). The highest BCUT2D eigenvalue weighted by Crippen LogP contribution is 2.29. The van der Waals surface area contributed by atoms with Crippen molar-refractivity contribution in [2.75, 3.05) is 26.2 Å². The monoisotopic (exact) mass is 283 g/mol. The van der Waals surface area contributed by atoms with Gasteiger partial charge >= 0.3 is 0 Å². The van der Waals surface area contributed by atoms with Crippen molar-refractivity contribution < 1.29 is 9.90 Å². The molecule has 0 bridgehead atoms. The van der Waals surface area contributed by atoms with Crippen LogP contribution in [0.15, 0.2) is 0 Å². The van der Waals surface area contributed by atoms with E-state index in [0.717, 1.165) is 44.8 Å². The second kappa shape index (κ2) is 7.38. The molecule has 1 saturated heterocycles. The molecule has 4 N–H and O–H groups in total. The topological polar surface area (TPSA) is 78.6 Å². The molecule has 20 heavy (non-hydrogen) atoms. The number of hydrogen-bond acceptors (Lipinski definition) is 4. The number of nitrogens with one attached hydrogen (secondary N) is 1. The Morgan fingerprint density at radius 2 is 2.15 bits per heavy atom. The zero-order chi connectivity index (χ0) is 14.5. The van der Waals surface area contributed by atoms with Crippen LogP contribution in [0, 0.1) is 11.8 Å². The molecule has 5 nitrogen and oxygen atoms in total. The minimum atomic E-state index is -0.261. The first-order chi connectivity index (χ1) is 9.56. The standard InChI is InChI=1S/C15H29N3O2/c1-2-14(19)6-12-5-13(17-7-11-3-4-11)9-18(8-12)10-15(16)20/h11-14,17,19H,2-10H2,1H3,(H2,16,20). The van der Waals surface area contributed by atoms with Crippen LogP contribution in [0.3, 0.4) is 0 Å². The number of likely N-dealkylation sites (tertiary alicyclic amines) is 1. The lowest BCUT2D eigenvalue weighted by molar-refractivity contribution is -0.119. The van der Waals surface area contributed by atoms with Crippen molar-refractivity contribution in [3.63, 3.8) is 0 Å². The minimum Gasteiger partial charge on any atom is -0.393 e. The van der Waals surface area contributed by atoms with Crippen LogP contribution in [0.1, 0.15) is 39.0 Å². The Morgan fingerprint density at radius 1 is 1.40 bits per heavy atom. The molecular weight excluding hydrogens is 254 g/mol. The normalized spacial score (nSPS) is 29.3. The van der Waals surface area contributed by atoms with Gasteiger partial charge in [-0.2, -0.15) is 0 Å². The fraction of sp³-hybridized carbons (Fsp3) is 0.933. The van der Waals surface area contributed by atoms with Gasteiger partial charge in [0, 0.05) is 19.1 Å². The van der Waals surface area contributed by atoms with E-state index in [9.17, 15) is 9.90 Å².